The summed E-state index contributed by atoms with van der Waals surface area (Å²) >= 11 is 11.9. The van der Waals surface area contributed by atoms with Crippen molar-refractivity contribution in [3.8, 4) is 17.2 Å². The van der Waals surface area contributed by atoms with E-state index in [0.717, 1.165) is 0 Å². The van der Waals surface area contributed by atoms with Crippen LogP contribution in [0.3, 0.4) is 0 Å². The molecule has 0 fully saturated rings. The van der Waals surface area contributed by atoms with Crippen LogP contribution in [0.15, 0.2) is 35.2 Å². The summed E-state index contributed by atoms with van der Waals surface area (Å²) in [5.41, 5.74) is 0.167. The Morgan fingerprint density at radius 1 is 0.875 bits per heavy atom. The minimum Gasteiger partial charge on any atom is -0.495 e. The van der Waals surface area contributed by atoms with Crippen molar-refractivity contribution in [3.63, 3.8) is 0 Å². The summed E-state index contributed by atoms with van der Waals surface area (Å²) in [7, 11) is 0.203. The molecule has 0 unspecified atom stereocenters. The van der Waals surface area contributed by atoms with Gasteiger partial charge >= 0.3 is 0 Å². The van der Waals surface area contributed by atoms with Gasteiger partial charge in [0.1, 0.15) is 22.1 Å². The van der Waals surface area contributed by atoms with Gasteiger partial charge in [0.15, 0.2) is 0 Å². The monoisotopic (exact) mass is 391 g/mol. The highest BCUT2D eigenvalue weighted by atomic mass is 35.5. The fourth-order valence-electron chi connectivity index (χ4n) is 2.00. The Bertz CT molecular complexity index is 855. The zero-order valence-corrected chi connectivity index (χ0v) is 15.4. The number of nitrogens with one attached hydrogen (secondary N) is 1. The van der Waals surface area contributed by atoms with Crippen molar-refractivity contribution in [3.05, 3.63) is 40.4 Å². The molecule has 1 N–H and O–H groups in total. The van der Waals surface area contributed by atoms with E-state index in [9.17, 15) is 8.42 Å². The van der Waals surface area contributed by atoms with Crippen LogP contribution in [0.2, 0.25) is 10.0 Å². The van der Waals surface area contributed by atoms with Crippen molar-refractivity contribution in [2.75, 3.05) is 26.1 Å². The molecule has 0 bridgehead atoms. The molecule has 0 atom stereocenters. The summed E-state index contributed by atoms with van der Waals surface area (Å²) in [4.78, 5) is -0.103. The van der Waals surface area contributed by atoms with E-state index in [1.807, 2.05) is 0 Å². The first-order chi connectivity index (χ1) is 11.3. The van der Waals surface area contributed by atoms with Gasteiger partial charge in [-0.3, -0.25) is 4.72 Å². The first kappa shape index (κ1) is 18.5. The number of benzene rings is 2. The number of methoxy groups -OCH3 is 3. The molecule has 130 valence electrons. The van der Waals surface area contributed by atoms with E-state index in [4.69, 9.17) is 37.4 Å². The summed E-state index contributed by atoms with van der Waals surface area (Å²) in [5, 5.41) is 0.550. The SMILES string of the molecule is COc1cc(NS(=O)(=O)c2cc(Cl)ccc2OC)c(OC)cc1Cl. The maximum atomic E-state index is 12.7. The van der Waals surface area contributed by atoms with E-state index >= 15 is 0 Å². The summed E-state index contributed by atoms with van der Waals surface area (Å²) in [6, 6.07) is 7.17. The molecule has 0 amide bonds. The highest BCUT2D eigenvalue weighted by molar-refractivity contribution is 7.92. The maximum Gasteiger partial charge on any atom is 0.265 e. The predicted octanol–water partition coefficient (Wildman–Crippen LogP) is 3.82. The number of rotatable bonds is 6. The second-order valence-electron chi connectivity index (χ2n) is 4.59. The third kappa shape index (κ3) is 3.80. The van der Waals surface area contributed by atoms with Crippen molar-refractivity contribution >= 4 is 38.9 Å². The minimum atomic E-state index is -3.99. The third-order valence-corrected chi connectivity index (χ3v) is 5.05. The van der Waals surface area contributed by atoms with Crippen LogP contribution in [0.25, 0.3) is 0 Å². The molecule has 24 heavy (non-hydrogen) atoms. The lowest BCUT2D eigenvalue weighted by molar-refractivity contribution is 0.402. The van der Waals surface area contributed by atoms with E-state index in [-0.39, 0.29) is 32.1 Å². The standard InChI is InChI=1S/C15H15Cl2NO5S/c1-21-12-5-4-9(16)6-15(12)24(19,20)18-11-8-13(22-2)10(17)7-14(11)23-3/h4-8,18H,1-3H3. The van der Waals surface area contributed by atoms with Gasteiger partial charge in [0, 0.05) is 17.2 Å². The molecular formula is C15H15Cl2NO5S. The normalized spacial score (nSPS) is 11.0. The molecular weight excluding hydrogens is 377 g/mol. The largest absolute Gasteiger partial charge is 0.495 e. The van der Waals surface area contributed by atoms with Gasteiger partial charge in [-0.2, -0.15) is 0 Å². The van der Waals surface area contributed by atoms with Gasteiger partial charge in [-0.15, -0.1) is 0 Å². The van der Waals surface area contributed by atoms with Gasteiger partial charge < -0.3 is 14.2 Å². The number of ether oxygens (including phenoxy) is 3. The van der Waals surface area contributed by atoms with Crippen molar-refractivity contribution in [2.24, 2.45) is 0 Å². The van der Waals surface area contributed by atoms with Gasteiger partial charge in [0.25, 0.3) is 10.0 Å². The van der Waals surface area contributed by atoms with E-state index < -0.39 is 10.0 Å². The molecule has 0 saturated heterocycles. The van der Waals surface area contributed by atoms with E-state index in [2.05, 4.69) is 4.72 Å². The quantitative estimate of drug-likeness (QED) is 0.809. The molecule has 0 aromatic heterocycles. The lowest BCUT2D eigenvalue weighted by Crippen LogP contribution is -2.15. The van der Waals surface area contributed by atoms with Gasteiger partial charge in [0.2, 0.25) is 0 Å². The Labute approximate surface area is 150 Å². The molecule has 6 nitrogen and oxygen atoms in total. The summed E-state index contributed by atoms with van der Waals surface area (Å²) in [6.07, 6.45) is 0. The Morgan fingerprint density at radius 3 is 2.08 bits per heavy atom. The molecule has 0 aliphatic heterocycles. The summed E-state index contributed by atoms with van der Waals surface area (Å²) < 4.78 is 43.2. The predicted molar refractivity (Wildman–Crippen MR) is 93.4 cm³/mol. The molecule has 9 heteroatoms. The second-order valence-corrected chi connectivity index (χ2v) is 7.08. The van der Waals surface area contributed by atoms with Gasteiger partial charge in [0.05, 0.1) is 32.0 Å². The van der Waals surface area contributed by atoms with E-state index in [0.29, 0.717) is 5.75 Å². The molecule has 0 heterocycles. The van der Waals surface area contributed by atoms with Gasteiger partial charge in [-0.05, 0) is 18.2 Å². The van der Waals surface area contributed by atoms with Crippen LogP contribution in [0.4, 0.5) is 5.69 Å². The smallest absolute Gasteiger partial charge is 0.265 e. The first-order valence-electron chi connectivity index (χ1n) is 6.60. The fraction of sp³-hybridized carbons (Fsp3) is 0.200. The lowest BCUT2D eigenvalue weighted by Gasteiger charge is -2.15. The van der Waals surface area contributed by atoms with Crippen molar-refractivity contribution in [1.29, 1.82) is 0 Å². The Balaban J connectivity index is 2.52. The summed E-state index contributed by atoms with van der Waals surface area (Å²) in [5.74, 6) is 0.699. The topological polar surface area (TPSA) is 73.9 Å². The second kappa shape index (κ2) is 7.38. The third-order valence-electron chi connectivity index (χ3n) is 3.13. The molecule has 0 aliphatic carbocycles. The molecule has 2 aromatic carbocycles. The Kier molecular flexibility index (Phi) is 5.69. The highest BCUT2D eigenvalue weighted by Gasteiger charge is 2.22. The molecule has 0 aliphatic rings. The number of sulfonamides is 1. The van der Waals surface area contributed by atoms with Crippen LogP contribution in [0, 0.1) is 0 Å². The van der Waals surface area contributed by atoms with Crippen LogP contribution < -0.4 is 18.9 Å². The zero-order valence-electron chi connectivity index (χ0n) is 13.1. The van der Waals surface area contributed by atoms with Crippen LogP contribution in [0.5, 0.6) is 17.2 Å². The molecule has 0 radical (unpaired) electrons. The number of halogens is 2. The van der Waals surface area contributed by atoms with Crippen LogP contribution in [-0.2, 0) is 10.0 Å². The van der Waals surface area contributed by atoms with E-state index in [1.54, 1.807) is 0 Å². The maximum absolute atomic E-state index is 12.7. The molecule has 0 saturated carbocycles. The van der Waals surface area contributed by atoms with E-state index in [1.165, 1.54) is 51.7 Å². The van der Waals surface area contributed by atoms with Crippen molar-refractivity contribution < 1.29 is 22.6 Å². The Hall–Kier alpha value is -1.83. The van der Waals surface area contributed by atoms with Crippen LogP contribution >= 0.6 is 23.2 Å². The van der Waals surface area contributed by atoms with Gasteiger partial charge in [-0.25, -0.2) is 8.42 Å². The van der Waals surface area contributed by atoms with Crippen molar-refractivity contribution in [2.45, 2.75) is 4.90 Å². The van der Waals surface area contributed by atoms with Crippen molar-refractivity contribution in [1.82, 2.24) is 0 Å². The number of anilines is 1. The van der Waals surface area contributed by atoms with Crippen LogP contribution in [-0.4, -0.2) is 29.7 Å². The lowest BCUT2D eigenvalue weighted by atomic mass is 10.3. The zero-order chi connectivity index (χ0) is 17.9. The average Bonchev–Trinajstić information content (AvgIpc) is 2.55. The van der Waals surface area contributed by atoms with Crippen LogP contribution in [0.1, 0.15) is 0 Å². The molecule has 2 rings (SSSR count). The average molecular weight is 392 g/mol. The number of hydrogen-bond acceptors (Lipinski definition) is 5. The van der Waals surface area contributed by atoms with Gasteiger partial charge in [-0.1, -0.05) is 23.2 Å². The first-order valence-corrected chi connectivity index (χ1v) is 8.84. The number of hydrogen-bond donors (Lipinski definition) is 1. The highest BCUT2D eigenvalue weighted by Crippen LogP contribution is 2.38. The molecule has 2 aromatic rings. The minimum absolute atomic E-state index is 0.103. The molecule has 0 spiro atoms. The summed E-state index contributed by atoms with van der Waals surface area (Å²) in [6.45, 7) is 0. The Morgan fingerprint density at radius 2 is 1.50 bits per heavy atom. The fourth-order valence-corrected chi connectivity index (χ4v) is 3.73.